The number of hydrogen-bond acceptors (Lipinski definition) is 16. The van der Waals surface area contributed by atoms with Gasteiger partial charge in [0.25, 0.3) is 0 Å². The van der Waals surface area contributed by atoms with E-state index in [4.69, 9.17) is 42.6 Å². The normalized spacial score (nSPS) is 45.0. The number of aliphatic hydroxyl groups excluding tert-OH is 1. The van der Waals surface area contributed by atoms with E-state index in [0.29, 0.717) is 12.0 Å². The van der Waals surface area contributed by atoms with Crippen molar-refractivity contribution in [2.24, 2.45) is 28.8 Å². The molecule has 4 heterocycles. The molecule has 364 valence electrons. The summed E-state index contributed by atoms with van der Waals surface area (Å²) in [6.07, 6.45) is -7.81. The van der Waals surface area contributed by atoms with Crippen LogP contribution in [0.5, 0.6) is 0 Å². The molecule has 4 aliphatic rings. The standard InChI is InChI=1S/C46H81N3O14/c1-18-32-46(14,53)39-27(5)34(48-54)25(3)20-45(13,57-23-24(2)22-56-39)38(62-41-35(50)31(49(15)16)19-26(4)58-41)28(6)36(29(7)40(51)60-32)61-33-21-44(12,55-17)37(30(8)59-33)47-42(52)63-43(9,10)11/h25-39,41,50,53H,2,18-23H2,1,3-17H3,(H,47,52)/t25-,26-,27+,28+,29-,30+,31+,32-,33+,34?,35-,36+,37-,38-,39-,41+,44-,45-,46-/m1/s1. The summed E-state index contributed by atoms with van der Waals surface area (Å²) in [5, 5.41) is 30.9. The molecule has 0 aromatic carbocycles. The van der Waals surface area contributed by atoms with Crippen LogP contribution in [0.1, 0.15) is 116 Å². The summed E-state index contributed by atoms with van der Waals surface area (Å²) in [4.78, 5) is 42.7. The lowest BCUT2D eigenvalue weighted by atomic mass is 9.72. The molecule has 4 aliphatic heterocycles. The van der Waals surface area contributed by atoms with Crippen molar-refractivity contribution in [3.63, 3.8) is 0 Å². The second-order valence-electron chi connectivity index (χ2n) is 20.8. The molecular formula is C46H81N3O14. The minimum Gasteiger partial charge on any atom is -0.459 e. The van der Waals surface area contributed by atoms with Gasteiger partial charge in [-0.1, -0.05) is 39.5 Å². The van der Waals surface area contributed by atoms with Crippen LogP contribution in [0.3, 0.4) is 0 Å². The zero-order valence-electron chi connectivity index (χ0n) is 40.9. The highest BCUT2D eigenvalue weighted by atomic mass is 16.7. The average molecular weight is 900 g/mol. The lowest BCUT2D eigenvalue weighted by Gasteiger charge is -2.51. The van der Waals surface area contributed by atoms with Gasteiger partial charge in [0, 0.05) is 31.4 Å². The first-order chi connectivity index (χ1) is 29.1. The summed E-state index contributed by atoms with van der Waals surface area (Å²) in [5.41, 5.74) is -4.28. The van der Waals surface area contributed by atoms with Gasteiger partial charge in [-0.2, -0.15) is 4.91 Å². The van der Waals surface area contributed by atoms with Crippen LogP contribution >= 0.6 is 0 Å². The number of carbonyl (C=O) groups excluding carboxylic acids is 2. The van der Waals surface area contributed by atoms with Crippen LogP contribution in [-0.2, 0) is 47.4 Å². The largest absolute Gasteiger partial charge is 0.459 e. The van der Waals surface area contributed by atoms with Gasteiger partial charge in [-0.05, 0) is 107 Å². The third-order valence-corrected chi connectivity index (χ3v) is 13.9. The van der Waals surface area contributed by atoms with Gasteiger partial charge in [-0.15, -0.1) is 0 Å². The molecule has 17 nitrogen and oxygen atoms in total. The summed E-state index contributed by atoms with van der Waals surface area (Å²) in [7, 11) is 5.33. The number of nitroso groups, excluding NO2 is 1. The molecule has 0 aromatic rings. The third kappa shape index (κ3) is 12.4. The number of likely N-dealkylation sites (N-methyl/N-ethyl adjacent to an activating group) is 1. The highest BCUT2D eigenvalue weighted by Gasteiger charge is 2.55. The first-order valence-electron chi connectivity index (χ1n) is 22.8. The Morgan fingerprint density at radius 2 is 1.67 bits per heavy atom. The summed E-state index contributed by atoms with van der Waals surface area (Å²) in [5.74, 6) is -3.56. The average Bonchev–Trinajstić information content (AvgIpc) is 3.19. The van der Waals surface area contributed by atoms with Gasteiger partial charge >= 0.3 is 12.1 Å². The fourth-order valence-corrected chi connectivity index (χ4v) is 10.4. The van der Waals surface area contributed by atoms with Crippen LogP contribution < -0.4 is 5.32 Å². The van der Waals surface area contributed by atoms with E-state index in [-0.39, 0.29) is 44.6 Å². The fraction of sp³-hybridized carbons (Fsp3) is 0.913. The lowest BCUT2D eigenvalue weighted by molar-refractivity contribution is -0.315. The number of rotatable bonds is 9. The first-order valence-corrected chi connectivity index (χ1v) is 22.8. The Hall–Kier alpha value is -2.32. The molecule has 1 unspecified atom stereocenters. The number of fused-ring (bicyclic) bond motifs is 5. The van der Waals surface area contributed by atoms with Crippen molar-refractivity contribution in [3.05, 3.63) is 17.1 Å². The van der Waals surface area contributed by atoms with Gasteiger partial charge in [-0.3, -0.25) is 4.79 Å². The Morgan fingerprint density at radius 1 is 1.02 bits per heavy atom. The molecule has 2 bridgehead atoms. The summed E-state index contributed by atoms with van der Waals surface area (Å²) in [6, 6.07) is -1.86. The molecule has 0 aromatic heterocycles. The number of cyclic esters (lactones) is 1. The molecule has 0 radical (unpaired) electrons. The number of carbonyl (C=O) groups is 2. The van der Waals surface area contributed by atoms with E-state index in [1.54, 1.807) is 55.6 Å². The Morgan fingerprint density at radius 3 is 2.24 bits per heavy atom. The highest BCUT2D eigenvalue weighted by molar-refractivity contribution is 5.73. The van der Waals surface area contributed by atoms with Crippen LogP contribution in [0.4, 0.5) is 4.79 Å². The second kappa shape index (κ2) is 21.1. The van der Waals surface area contributed by atoms with Crippen LogP contribution in [0, 0.1) is 28.6 Å². The van der Waals surface area contributed by atoms with E-state index < -0.39 is 119 Å². The summed E-state index contributed by atoms with van der Waals surface area (Å²) in [6.45, 7) is 27.7. The number of aliphatic hydroxyl groups is 2. The number of methoxy groups -OCH3 is 1. The Bertz CT molecular complexity index is 1560. The number of ether oxygens (including phenoxy) is 9. The maximum atomic E-state index is 14.7. The smallest absolute Gasteiger partial charge is 0.408 e. The molecular weight excluding hydrogens is 819 g/mol. The second-order valence-corrected chi connectivity index (χ2v) is 20.8. The zero-order chi connectivity index (χ0) is 47.6. The fourth-order valence-electron chi connectivity index (χ4n) is 10.4. The van der Waals surface area contributed by atoms with Crippen LogP contribution in [-0.4, -0.2) is 157 Å². The number of amides is 1. The molecule has 3 N–H and O–H groups in total. The Balaban J connectivity index is 1.92. The summed E-state index contributed by atoms with van der Waals surface area (Å²) < 4.78 is 58.3. The number of esters is 1. The minimum absolute atomic E-state index is 0.0121. The Labute approximate surface area is 375 Å². The van der Waals surface area contributed by atoms with Crippen LogP contribution in [0.25, 0.3) is 0 Å². The van der Waals surface area contributed by atoms with E-state index in [1.807, 2.05) is 60.5 Å². The predicted molar refractivity (Wildman–Crippen MR) is 235 cm³/mol. The topological polar surface area (TPSA) is 202 Å². The molecule has 1 amide bonds. The number of alkyl carbamates (subject to hydrolysis) is 1. The molecule has 4 rings (SSSR count). The number of nitrogens with one attached hydrogen (secondary N) is 1. The molecule has 19 atom stereocenters. The molecule has 0 spiro atoms. The van der Waals surface area contributed by atoms with Crippen molar-refractivity contribution in [2.45, 2.75) is 212 Å². The van der Waals surface area contributed by atoms with Crippen molar-refractivity contribution in [1.82, 2.24) is 10.2 Å². The van der Waals surface area contributed by atoms with Crippen LogP contribution in [0.2, 0.25) is 0 Å². The van der Waals surface area contributed by atoms with Gasteiger partial charge in [0.1, 0.15) is 23.4 Å². The van der Waals surface area contributed by atoms with Gasteiger partial charge in [0.2, 0.25) is 0 Å². The van der Waals surface area contributed by atoms with E-state index in [2.05, 4.69) is 17.1 Å². The lowest BCUT2D eigenvalue weighted by Crippen LogP contribution is -2.64. The molecule has 63 heavy (non-hydrogen) atoms. The Kier molecular flexibility index (Phi) is 17.9. The zero-order valence-corrected chi connectivity index (χ0v) is 40.9. The van der Waals surface area contributed by atoms with Gasteiger partial charge in [0.15, 0.2) is 12.6 Å². The predicted octanol–water partition coefficient (Wildman–Crippen LogP) is 5.50. The molecule has 4 fully saturated rings. The van der Waals surface area contributed by atoms with Crippen molar-refractivity contribution < 1.29 is 62.4 Å². The van der Waals surface area contributed by atoms with Gasteiger partial charge in [-0.25, -0.2) is 4.79 Å². The number of hydrogen-bond donors (Lipinski definition) is 3. The SMILES string of the molecule is C=C1CO[C@@H]2[C@@H](C)C(N=O)[C@H](C)C[C@@](C)(OC1)[C@H](O[C@@H]1O[C@H](C)C[C@H](N(C)C)[C@H]1O)[C@@H](C)[C@H](O[C@H]1C[C@@](C)(OC)[C@H](NC(=O)OC(C)(C)C)[C@H](C)O1)[C@@H](C)C(=O)O[C@H](CC)[C@@]2(C)O. The first kappa shape index (κ1) is 53.3. The highest BCUT2D eigenvalue weighted by Crippen LogP contribution is 2.44. The number of nitrogens with zero attached hydrogens (tertiary/aromatic N) is 2. The van der Waals surface area contributed by atoms with Crippen LogP contribution in [0.15, 0.2) is 17.3 Å². The molecule has 17 heteroatoms. The quantitative estimate of drug-likeness (QED) is 0.149. The van der Waals surface area contributed by atoms with Gasteiger partial charge < -0.3 is 63.1 Å². The van der Waals surface area contributed by atoms with E-state index >= 15 is 0 Å². The third-order valence-electron chi connectivity index (χ3n) is 13.9. The van der Waals surface area contributed by atoms with Crippen molar-refractivity contribution in [1.29, 1.82) is 0 Å². The van der Waals surface area contributed by atoms with Crippen molar-refractivity contribution in [2.75, 3.05) is 34.4 Å². The maximum Gasteiger partial charge on any atom is 0.408 e. The maximum absolute atomic E-state index is 14.7. The van der Waals surface area contributed by atoms with Gasteiger partial charge in [0.05, 0.1) is 72.9 Å². The molecule has 0 saturated carbocycles. The van der Waals surface area contributed by atoms with E-state index in [1.165, 1.54) is 0 Å². The van der Waals surface area contributed by atoms with Crippen molar-refractivity contribution in [3.8, 4) is 0 Å². The molecule has 0 aliphatic carbocycles. The molecule has 4 saturated heterocycles. The van der Waals surface area contributed by atoms with Crippen molar-refractivity contribution >= 4 is 12.1 Å². The minimum atomic E-state index is -1.78. The summed E-state index contributed by atoms with van der Waals surface area (Å²) >= 11 is 0. The van der Waals surface area contributed by atoms with E-state index in [9.17, 15) is 24.7 Å². The van der Waals surface area contributed by atoms with E-state index in [0.717, 1.165) is 0 Å². The monoisotopic (exact) mass is 900 g/mol.